The Morgan fingerprint density at radius 2 is 2.12 bits per heavy atom. The number of rotatable bonds is 4. The van der Waals surface area contributed by atoms with Gasteiger partial charge in [0.15, 0.2) is 0 Å². The zero-order chi connectivity index (χ0) is 17.3. The van der Waals surface area contributed by atoms with Gasteiger partial charge < -0.3 is 9.64 Å². The van der Waals surface area contributed by atoms with Crippen LogP contribution in [0.2, 0.25) is 0 Å². The molecule has 1 saturated carbocycles. The topological polar surface area (TPSA) is 42.4 Å². The SMILES string of the molecule is Cc1cccc(OC2CCN(C(=O)C3(c4cccs4)CCCC3)C2)n1. The molecule has 1 aliphatic carbocycles. The monoisotopic (exact) mass is 356 g/mol. The van der Waals surface area contributed by atoms with E-state index in [1.165, 1.54) is 4.88 Å². The van der Waals surface area contributed by atoms with Crippen molar-refractivity contribution >= 4 is 17.2 Å². The summed E-state index contributed by atoms with van der Waals surface area (Å²) in [6.45, 7) is 3.41. The van der Waals surface area contributed by atoms with E-state index in [9.17, 15) is 4.79 Å². The van der Waals surface area contributed by atoms with Crippen LogP contribution in [0.25, 0.3) is 0 Å². The summed E-state index contributed by atoms with van der Waals surface area (Å²) in [6.07, 6.45) is 5.17. The lowest BCUT2D eigenvalue weighted by Crippen LogP contribution is -2.44. The minimum Gasteiger partial charge on any atom is -0.472 e. The fraction of sp³-hybridized carbons (Fsp3) is 0.500. The number of carbonyl (C=O) groups excluding carboxylic acids is 1. The molecule has 25 heavy (non-hydrogen) atoms. The Bertz CT molecular complexity index is 738. The summed E-state index contributed by atoms with van der Waals surface area (Å²) >= 11 is 1.72. The van der Waals surface area contributed by atoms with Crippen molar-refractivity contribution in [3.05, 3.63) is 46.3 Å². The second-order valence-corrected chi connectivity index (χ2v) is 8.11. The summed E-state index contributed by atoms with van der Waals surface area (Å²) in [7, 11) is 0. The molecule has 0 aromatic carbocycles. The third-order valence-electron chi connectivity index (χ3n) is 5.44. The van der Waals surface area contributed by atoms with Crippen LogP contribution < -0.4 is 4.74 Å². The molecule has 2 aliphatic rings. The van der Waals surface area contributed by atoms with Crippen molar-refractivity contribution in [1.82, 2.24) is 9.88 Å². The number of thiophene rings is 1. The molecular weight excluding hydrogens is 332 g/mol. The number of hydrogen-bond donors (Lipinski definition) is 0. The van der Waals surface area contributed by atoms with Crippen LogP contribution in [-0.2, 0) is 10.2 Å². The van der Waals surface area contributed by atoms with E-state index in [2.05, 4.69) is 22.5 Å². The largest absolute Gasteiger partial charge is 0.472 e. The van der Waals surface area contributed by atoms with Gasteiger partial charge in [0, 0.05) is 29.6 Å². The van der Waals surface area contributed by atoms with E-state index in [1.807, 2.05) is 30.0 Å². The Morgan fingerprint density at radius 1 is 1.28 bits per heavy atom. The molecule has 4 rings (SSSR count). The Hall–Kier alpha value is -1.88. The van der Waals surface area contributed by atoms with Crippen molar-refractivity contribution in [3.8, 4) is 5.88 Å². The number of aryl methyl sites for hydroxylation is 1. The molecule has 1 aliphatic heterocycles. The van der Waals surface area contributed by atoms with Gasteiger partial charge in [-0.2, -0.15) is 0 Å². The average molecular weight is 356 g/mol. The van der Waals surface area contributed by atoms with Crippen LogP contribution in [0, 0.1) is 6.92 Å². The highest BCUT2D eigenvalue weighted by Crippen LogP contribution is 2.45. The van der Waals surface area contributed by atoms with Crippen molar-refractivity contribution < 1.29 is 9.53 Å². The fourth-order valence-corrected chi connectivity index (χ4v) is 5.14. The number of amides is 1. The van der Waals surface area contributed by atoms with Gasteiger partial charge in [-0.15, -0.1) is 11.3 Å². The van der Waals surface area contributed by atoms with Crippen LogP contribution in [0.5, 0.6) is 5.88 Å². The molecule has 0 radical (unpaired) electrons. The van der Waals surface area contributed by atoms with E-state index in [1.54, 1.807) is 11.3 Å². The van der Waals surface area contributed by atoms with Crippen LogP contribution >= 0.6 is 11.3 Å². The highest BCUT2D eigenvalue weighted by molar-refractivity contribution is 7.10. The number of aromatic nitrogens is 1. The average Bonchev–Trinajstić information content (AvgIpc) is 3.35. The molecule has 3 heterocycles. The van der Waals surface area contributed by atoms with Crippen LogP contribution in [0.4, 0.5) is 0 Å². The second-order valence-electron chi connectivity index (χ2n) is 7.16. The molecule has 132 valence electrons. The van der Waals surface area contributed by atoms with Crippen LogP contribution in [0.1, 0.15) is 42.7 Å². The maximum absolute atomic E-state index is 13.4. The quantitative estimate of drug-likeness (QED) is 0.833. The first-order chi connectivity index (χ1) is 12.2. The molecule has 1 amide bonds. The van der Waals surface area contributed by atoms with Gasteiger partial charge in [-0.05, 0) is 37.3 Å². The van der Waals surface area contributed by atoms with E-state index >= 15 is 0 Å². The number of nitrogens with zero attached hydrogens (tertiary/aromatic N) is 2. The molecule has 0 spiro atoms. The van der Waals surface area contributed by atoms with Gasteiger partial charge in [-0.3, -0.25) is 4.79 Å². The van der Waals surface area contributed by atoms with Crippen molar-refractivity contribution in [2.45, 2.75) is 50.5 Å². The molecular formula is C20H24N2O2S. The summed E-state index contributed by atoms with van der Waals surface area (Å²) in [5, 5.41) is 2.09. The highest BCUT2D eigenvalue weighted by Gasteiger charge is 2.47. The summed E-state index contributed by atoms with van der Waals surface area (Å²) in [5.74, 6) is 0.962. The lowest BCUT2D eigenvalue weighted by Gasteiger charge is -2.31. The Kier molecular flexibility index (Phi) is 4.50. The smallest absolute Gasteiger partial charge is 0.234 e. The van der Waals surface area contributed by atoms with Crippen LogP contribution in [-0.4, -0.2) is 35.0 Å². The fourth-order valence-electron chi connectivity index (χ4n) is 4.16. The van der Waals surface area contributed by atoms with Gasteiger partial charge in [0.05, 0.1) is 12.0 Å². The summed E-state index contributed by atoms with van der Waals surface area (Å²) in [4.78, 5) is 21.1. The Balaban J connectivity index is 1.46. The molecule has 4 nitrogen and oxygen atoms in total. The van der Waals surface area contributed by atoms with E-state index < -0.39 is 0 Å². The van der Waals surface area contributed by atoms with E-state index in [0.717, 1.165) is 44.3 Å². The van der Waals surface area contributed by atoms with E-state index in [4.69, 9.17) is 4.74 Å². The summed E-state index contributed by atoms with van der Waals surface area (Å²) in [5.41, 5.74) is 0.663. The Morgan fingerprint density at radius 3 is 2.84 bits per heavy atom. The zero-order valence-electron chi connectivity index (χ0n) is 14.6. The van der Waals surface area contributed by atoms with Gasteiger partial charge in [0.1, 0.15) is 6.10 Å². The number of likely N-dealkylation sites (tertiary alicyclic amines) is 1. The molecule has 2 aromatic heterocycles. The van der Waals surface area contributed by atoms with Gasteiger partial charge in [0.2, 0.25) is 11.8 Å². The standard InChI is InChI=1S/C20H24N2O2S/c1-15-6-4-8-18(21-15)24-16-9-12-22(14-16)19(23)20(10-2-3-11-20)17-7-5-13-25-17/h4-8,13,16H,2-3,9-12,14H2,1H3. The van der Waals surface area contributed by atoms with Crippen LogP contribution in [0.3, 0.4) is 0 Å². The minimum absolute atomic E-state index is 0.0417. The second kappa shape index (κ2) is 6.79. The van der Waals surface area contributed by atoms with Gasteiger partial charge in [-0.25, -0.2) is 4.98 Å². The van der Waals surface area contributed by atoms with E-state index in [0.29, 0.717) is 18.3 Å². The molecule has 1 unspecified atom stereocenters. The van der Waals surface area contributed by atoms with Gasteiger partial charge in [0.25, 0.3) is 0 Å². The van der Waals surface area contributed by atoms with Crippen LogP contribution in [0.15, 0.2) is 35.7 Å². The number of pyridine rings is 1. The third kappa shape index (κ3) is 3.17. The summed E-state index contributed by atoms with van der Waals surface area (Å²) in [6, 6.07) is 10.0. The molecule has 2 aromatic rings. The minimum atomic E-state index is -0.287. The van der Waals surface area contributed by atoms with Crippen molar-refractivity contribution in [2.24, 2.45) is 0 Å². The maximum atomic E-state index is 13.4. The molecule has 0 bridgehead atoms. The first kappa shape index (κ1) is 16.6. The molecule has 0 N–H and O–H groups in total. The Labute approximate surface area is 152 Å². The van der Waals surface area contributed by atoms with Gasteiger partial charge in [-0.1, -0.05) is 25.0 Å². The van der Waals surface area contributed by atoms with E-state index in [-0.39, 0.29) is 11.5 Å². The molecule has 2 fully saturated rings. The molecule has 1 atom stereocenters. The number of ether oxygens (including phenoxy) is 1. The summed E-state index contributed by atoms with van der Waals surface area (Å²) < 4.78 is 6.02. The number of hydrogen-bond acceptors (Lipinski definition) is 4. The predicted octanol–water partition coefficient (Wildman–Crippen LogP) is 3.94. The maximum Gasteiger partial charge on any atom is 0.234 e. The first-order valence-electron chi connectivity index (χ1n) is 9.11. The van der Waals surface area contributed by atoms with Crippen molar-refractivity contribution in [1.29, 1.82) is 0 Å². The van der Waals surface area contributed by atoms with Crippen molar-refractivity contribution in [3.63, 3.8) is 0 Å². The molecule has 1 saturated heterocycles. The van der Waals surface area contributed by atoms with Crippen molar-refractivity contribution in [2.75, 3.05) is 13.1 Å². The van der Waals surface area contributed by atoms with Gasteiger partial charge >= 0.3 is 0 Å². The highest BCUT2D eigenvalue weighted by atomic mass is 32.1. The molecule has 5 heteroatoms. The zero-order valence-corrected chi connectivity index (χ0v) is 15.4. The third-order valence-corrected chi connectivity index (χ3v) is 6.52. The lowest BCUT2D eigenvalue weighted by atomic mass is 9.83. The lowest BCUT2D eigenvalue weighted by molar-refractivity contribution is -0.136. The first-order valence-corrected chi connectivity index (χ1v) is 9.99. The normalized spacial score (nSPS) is 22.3. The number of carbonyl (C=O) groups is 1. The predicted molar refractivity (Wildman–Crippen MR) is 99.1 cm³/mol.